The second-order valence-corrected chi connectivity index (χ2v) is 4.49. The van der Waals surface area contributed by atoms with E-state index in [1.165, 1.54) is 17.7 Å². The van der Waals surface area contributed by atoms with Gasteiger partial charge in [-0.3, -0.25) is 0 Å². The van der Waals surface area contributed by atoms with Crippen molar-refractivity contribution in [3.05, 3.63) is 29.5 Å². The summed E-state index contributed by atoms with van der Waals surface area (Å²) in [5, 5.41) is 22.3. The molecule has 0 aliphatic carbocycles. The Hall–Kier alpha value is -1.66. The number of phenolic OH excluding ortho intramolecular Hbond substituents is 1. The first kappa shape index (κ1) is 9.56. The van der Waals surface area contributed by atoms with Crippen LogP contribution in [0.1, 0.15) is 0 Å². The van der Waals surface area contributed by atoms with Crippen LogP contribution in [0.15, 0.2) is 24.5 Å². The minimum absolute atomic E-state index is 0.0633. The molecule has 3 aromatic rings. The molecule has 2 heterocycles. The minimum atomic E-state index is 0.0633. The third kappa shape index (κ3) is 1.43. The van der Waals surface area contributed by atoms with Crippen LogP contribution in [0, 0.1) is 0 Å². The van der Waals surface area contributed by atoms with Crippen molar-refractivity contribution in [2.45, 2.75) is 0 Å². The maximum atomic E-state index is 9.31. The Morgan fingerprint density at radius 1 is 1.38 bits per heavy atom. The maximum Gasteiger partial charge on any atom is 0.234 e. The SMILES string of the molecule is Oc1ccc(-c2nn3cnnc3s2)cc1Cl. The molecule has 0 unspecified atom stereocenters. The summed E-state index contributed by atoms with van der Waals surface area (Å²) in [6, 6.07) is 4.97. The summed E-state index contributed by atoms with van der Waals surface area (Å²) in [4.78, 5) is 0.721. The highest BCUT2D eigenvalue weighted by molar-refractivity contribution is 7.19. The van der Waals surface area contributed by atoms with E-state index in [4.69, 9.17) is 11.6 Å². The molecule has 3 rings (SSSR count). The van der Waals surface area contributed by atoms with E-state index in [2.05, 4.69) is 15.3 Å². The summed E-state index contributed by atoms with van der Waals surface area (Å²) >= 11 is 7.24. The Bertz CT molecular complexity index is 634. The van der Waals surface area contributed by atoms with Gasteiger partial charge in [0.05, 0.1) is 5.02 Å². The van der Waals surface area contributed by atoms with Crippen LogP contribution in [-0.4, -0.2) is 24.9 Å². The van der Waals surface area contributed by atoms with Crippen molar-refractivity contribution >= 4 is 27.9 Å². The highest BCUT2D eigenvalue weighted by Crippen LogP contribution is 2.31. The lowest BCUT2D eigenvalue weighted by molar-refractivity contribution is 0.475. The van der Waals surface area contributed by atoms with Crippen molar-refractivity contribution in [3.63, 3.8) is 0 Å². The van der Waals surface area contributed by atoms with Crippen molar-refractivity contribution in [2.24, 2.45) is 0 Å². The fraction of sp³-hybridized carbons (Fsp3) is 0. The Kier molecular flexibility index (Phi) is 2.05. The van der Waals surface area contributed by atoms with Crippen LogP contribution in [0.25, 0.3) is 15.5 Å². The molecule has 0 amide bonds. The largest absolute Gasteiger partial charge is 0.506 e. The lowest BCUT2D eigenvalue weighted by atomic mass is 10.2. The van der Waals surface area contributed by atoms with Gasteiger partial charge in [-0.25, -0.2) is 0 Å². The van der Waals surface area contributed by atoms with Gasteiger partial charge in [0.15, 0.2) is 0 Å². The van der Waals surface area contributed by atoms with Crippen LogP contribution in [0.4, 0.5) is 0 Å². The maximum absolute atomic E-state index is 9.31. The Labute approximate surface area is 98.9 Å². The van der Waals surface area contributed by atoms with Crippen LogP contribution in [0.5, 0.6) is 5.75 Å². The molecule has 5 nitrogen and oxygen atoms in total. The monoisotopic (exact) mass is 252 g/mol. The van der Waals surface area contributed by atoms with E-state index in [9.17, 15) is 5.11 Å². The number of phenols is 1. The Morgan fingerprint density at radius 3 is 3.00 bits per heavy atom. The van der Waals surface area contributed by atoms with Crippen molar-refractivity contribution < 1.29 is 5.11 Å². The summed E-state index contributed by atoms with van der Waals surface area (Å²) in [6.07, 6.45) is 1.54. The summed E-state index contributed by atoms with van der Waals surface area (Å²) in [6.45, 7) is 0. The van der Waals surface area contributed by atoms with Gasteiger partial charge in [0, 0.05) is 5.56 Å². The topological polar surface area (TPSA) is 63.3 Å². The third-order valence-corrected chi connectivity index (χ3v) is 3.35. The number of hydrogen-bond acceptors (Lipinski definition) is 5. The number of aromatic nitrogens is 4. The smallest absolute Gasteiger partial charge is 0.234 e. The van der Waals surface area contributed by atoms with Crippen molar-refractivity contribution in [1.29, 1.82) is 0 Å². The number of hydrogen-bond donors (Lipinski definition) is 1. The van der Waals surface area contributed by atoms with Crippen molar-refractivity contribution in [3.8, 4) is 16.3 Å². The van der Waals surface area contributed by atoms with Gasteiger partial charge in [0.1, 0.15) is 17.1 Å². The minimum Gasteiger partial charge on any atom is -0.506 e. The van der Waals surface area contributed by atoms with E-state index >= 15 is 0 Å². The number of aromatic hydroxyl groups is 1. The zero-order chi connectivity index (χ0) is 11.1. The van der Waals surface area contributed by atoms with E-state index in [0.29, 0.717) is 5.02 Å². The summed E-state index contributed by atoms with van der Waals surface area (Å²) in [7, 11) is 0. The van der Waals surface area contributed by atoms with Crippen molar-refractivity contribution in [2.75, 3.05) is 0 Å². The van der Waals surface area contributed by atoms with Gasteiger partial charge in [-0.05, 0) is 18.2 Å². The van der Waals surface area contributed by atoms with Gasteiger partial charge in [-0.15, -0.1) is 10.2 Å². The van der Waals surface area contributed by atoms with Crippen LogP contribution in [0.3, 0.4) is 0 Å². The number of nitrogens with zero attached hydrogens (tertiary/aromatic N) is 4. The number of halogens is 1. The van der Waals surface area contributed by atoms with Crippen molar-refractivity contribution in [1.82, 2.24) is 19.8 Å². The van der Waals surface area contributed by atoms with E-state index < -0.39 is 0 Å². The lowest BCUT2D eigenvalue weighted by Gasteiger charge is -1.98. The summed E-state index contributed by atoms with van der Waals surface area (Å²) < 4.78 is 1.60. The fourth-order valence-corrected chi connectivity index (χ4v) is 2.31. The average Bonchev–Trinajstić information content (AvgIpc) is 2.81. The third-order valence-electron chi connectivity index (χ3n) is 2.08. The van der Waals surface area contributed by atoms with Gasteiger partial charge in [-0.2, -0.15) is 9.61 Å². The Morgan fingerprint density at radius 2 is 2.25 bits per heavy atom. The standard InChI is InChI=1S/C9H5ClN4OS/c10-6-3-5(1-2-7(6)15)8-13-14-4-11-12-9(14)16-8/h1-4,15H. The predicted octanol–water partition coefficient (Wildman–Crippen LogP) is 2.21. The lowest BCUT2D eigenvalue weighted by Crippen LogP contribution is -1.82. The molecular formula is C9H5ClN4OS. The molecule has 1 aromatic carbocycles. The average molecular weight is 253 g/mol. The second kappa shape index (κ2) is 3.43. The normalized spacial score (nSPS) is 11.1. The zero-order valence-electron chi connectivity index (χ0n) is 7.83. The number of benzene rings is 1. The highest BCUT2D eigenvalue weighted by atomic mass is 35.5. The van der Waals surface area contributed by atoms with E-state index in [-0.39, 0.29) is 5.75 Å². The molecule has 0 saturated heterocycles. The summed E-state index contributed by atoms with van der Waals surface area (Å²) in [5.41, 5.74) is 0.846. The molecule has 0 atom stereocenters. The molecule has 0 fully saturated rings. The molecular weight excluding hydrogens is 248 g/mol. The molecule has 0 saturated carbocycles. The fourth-order valence-electron chi connectivity index (χ4n) is 1.32. The highest BCUT2D eigenvalue weighted by Gasteiger charge is 2.09. The van der Waals surface area contributed by atoms with Gasteiger partial charge in [0.25, 0.3) is 0 Å². The van der Waals surface area contributed by atoms with Crippen LogP contribution < -0.4 is 0 Å². The molecule has 16 heavy (non-hydrogen) atoms. The predicted molar refractivity (Wildman–Crippen MR) is 60.8 cm³/mol. The van der Waals surface area contributed by atoms with E-state index in [1.807, 2.05) is 0 Å². The van der Waals surface area contributed by atoms with Crippen LogP contribution in [-0.2, 0) is 0 Å². The van der Waals surface area contributed by atoms with Crippen LogP contribution >= 0.6 is 22.9 Å². The molecule has 0 aliphatic rings. The molecule has 0 aliphatic heterocycles. The summed E-state index contributed by atoms with van der Waals surface area (Å²) in [5.74, 6) is 0.0633. The number of rotatable bonds is 1. The molecule has 2 aromatic heterocycles. The zero-order valence-corrected chi connectivity index (χ0v) is 9.40. The molecule has 0 bridgehead atoms. The van der Waals surface area contributed by atoms with Gasteiger partial charge < -0.3 is 5.11 Å². The first-order valence-corrected chi connectivity index (χ1v) is 5.59. The number of fused-ring (bicyclic) bond motifs is 1. The molecule has 0 radical (unpaired) electrons. The molecule has 80 valence electrons. The van der Waals surface area contributed by atoms with Crippen LogP contribution in [0.2, 0.25) is 5.02 Å². The molecule has 1 N–H and O–H groups in total. The molecule has 7 heteroatoms. The quantitative estimate of drug-likeness (QED) is 0.721. The first-order valence-electron chi connectivity index (χ1n) is 4.40. The van der Waals surface area contributed by atoms with Gasteiger partial charge in [0.2, 0.25) is 4.96 Å². The second-order valence-electron chi connectivity index (χ2n) is 3.13. The van der Waals surface area contributed by atoms with E-state index in [1.54, 1.807) is 22.7 Å². The first-order chi connectivity index (χ1) is 7.74. The van der Waals surface area contributed by atoms with E-state index in [0.717, 1.165) is 15.5 Å². The molecule has 0 spiro atoms. The Balaban J connectivity index is 2.15. The van der Waals surface area contributed by atoms with Gasteiger partial charge in [-0.1, -0.05) is 22.9 Å². The van der Waals surface area contributed by atoms with Gasteiger partial charge >= 0.3 is 0 Å².